The summed E-state index contributed by atoms with van der Waals surface area (Å²) in [6, 6.07) is 7.22. The maximum absolute atomic E-state index is 11.7. The normalized spacial score (nSPS) is 10.5. The van der Waals surface area contributed by atoms with Crippen molar-refractivity contribution in [2.45, 2.75) is 0 Å². The highest BCUT2D eigenvalue weighted by molar-refractivity contribution is 9.10. The highest BCUT2D eigenvalue weighted by Gasteiger charge is 2.10. The SMILES string of the molecule is C=CCNC(=O)C(C#N)=Cc1cc(Br)ccc1OC. The number of carbonyl (C=O) groups excluding carboxylic acids is 1. The quantitative estimate of drug-likeness (QED) is 0.515. The molecule has 0 atom stereocenters. The third-order valence-corrected chi connectivity index (χ3v) is 2.76. The second-order valence-corrected chi connectivity index (χ2v) is 4.47. The lowest BCUT2D eigenvalue weighted by Crippen LogP contribution is -2.24. The summed E-state index contributed by atoms with van der Waals surface area (Å²) >= 11 is 3.33. The fraction of sp³-hybridized carbons (Fsp3) is 0.143. The molecule has 0 fully saturated rings. The number of carbonyl (C=O) groups is 1. The van der Waals surface area contributed by atoms with Gasteiger partial charge in [0.1, 0.15) is 17.4 Å². The zero-order valence-electron chi connectivity index (χ0n) is 10.4. The van der Waals surface area contributed by atoms with Crippen molar-refractivity contribution >= 4 is 27.9 Å². The van der Waals surface area contributed by atoms with Gasteiger partial charge in [0.05, 0.1) is 7.11 Å². The van der Waals surface area contributed by atoms with E-state index in [0.717, 1.165) is 4.47 Å². The van der Waals surface area contributed by atoms with E-state index in [0.29, 0.717) is 17.9 Å². The first-order chi connectivity index (χ1) is 9.12. The van der Waals surface area contributed by atoms with Gasteiger partial charge in [-0.05, 0) is 24.3 Å². The zero-order chi connectivity index (χ0) is 14.3. The molecule has 19 heavy (non-hydrogen) atoms. The van der Waals surface area contributed by atoms with Crippen LogP contribution in [0.4, 0.5) is 0 Å². The van der Waals surface area contributed by atoms with Crippen molar-refractivity contribution in [3.8, 4) is 11.8 Å². The molecule has 5 heteroatoms. The molecule has 1 aromatic rings. The van der Waals surface area contributed by atoms with Crippen LogP contribution in [0, 0.1) is 11.3 Å². The fourth-order valence-corrected chi connectivity index (χ4v) is 1.76. The Morgan fingerprint density at radius 2 is 2.37 bits per heavy atom. The van der Waals surface area contributed by atoms with Gasteiger partial charge in [-0.25, -0.2) is 0 Å². The van der Waals surface area contributed by atoms with Crippen molar-refractivity contribution in [3.05, 3.63) is 46.5 Å². The average Bonchev–Trinajstić information content (AvgIpc) is 2.42. The molecule has 0 saturated heterocycles. The summed E-state index contributed by atoms with van der Waals surface area (Å²) in [5, 5.41) is 11.6. The molecule has 0 spiro atoms. The van der Waals surface area contributed by atoms with Crippen LogP contribution >= 0.6 is 15.9 Å². The third-order valence-electron chi connectivity index (χ3n) is 2.26. The predicted molar refractivity (Wildman–Crippen MR) is 77.5 cm³/mol. The van der Waals surface area contributed by atoms with Crippen molar-refractivity contribution in [3.63, 3.8) is 0 Å². The van der Waals surface area contributed by atoms with E-state index in [1.54, 1.807) is 18.2 Å². The van der Waals surface area contributed by atoms with Crippen molar-refractivity contribution in [1.82, 2.24) is 5.32 Å². The van der Waals surface area contributed by atoms with Crippen LogP contribution in [0.5, 0.6) is 5.75 Å². The van der Waals surface area contributed by atoms with E-state index in [2.05, 4.69) is 27.8 Å². The van der Waals surface area contributed by atoms with E-state index in [1.165, 1.54) is 13.2 Å². The molecular weight excluding hydrogens is 308 g/mol. The van der Waals surface area contributed by atoms with Gasteiger partial charge >= 0.3 is 0 Å². The van der Waals surface area contributed by atoms with Gasteiger partial charge in [-0.1, -0.05) is 22.0 Å². The number of methoxy groups -OCH3 is 1. The van der Waals surface area contributed by atoms with Crippen LogP contribution < -0.4 is 10.1 Å². The van der Waals surface area contributed by atoms with Crippen LogP contribution in [0.15, 0.2) is 40.9 Å². The van der Waals surface area contributed by atoms with Crippen molar-refractivity contribution in [1.29, 1.82) is 5.26 Å². The largest absolute Gasteiger partial charge is 0.496 e. The molecular formula is C14H13BrN2O2. The molecule has 0 aliphatic heterocycles. The smallest absolute Gasteiger partial charge is 0.262 e. The molecule has 0 unspecified atom stereocenters. The minimum atomic E-state index is -0.440. The molecule has 0 aliphatic carbocycles. The summed E-state index contributed by atoms with van der Waals surface area (Å²) in [6.45, 7) is 3.81. The molecule has 1 N–H and O–H groups in total. The Morgan fingerprint density at radius 1 is 1.63 bits per heavy atom. The Bertz CT molecular complexity index is 559. The minimum absolute atomic E-state index is 0.0123. The highest BCUT2D eigenvalue weighted by atomic mass is 79.9. The van der Waals surface area contributed by atoms with Crippen molar-refractivity contribution in [2.75, 3.05) is 13.7 Å². The number of nitrogens with zero attached hydrogens (tertiary/aromatic N) is 1. The van der Waals surface area contributed by atoms with Gasteiger partial charge in [0, 0.05) is 16.6 Å². The Labute approximate surface area is 120 Å². The van der Waals surface area contributed by atoms with E-state index in [-0.39, 0.29) is 5.57 Å². The number of ether oxygens (including phenoxy) is 1. The summed E-state index contributed by atoms with van der Waals surface area (Å²) in [5.74, 6) is 0.150. The molecule has 0 aromatic heterocycles. The van der Waals surface area contributed by atoms with Crippen molar-refractivity contribution in [2.24, 2.45) is 0 Å². The van der Waals surface area contributed by atoms with Crippen LogP contribution in [-0.2, 0) is 4.79 Å². The number of benzene rings is 1. The fourth-order valence-electron chi connectivity index (χ4n) is 1.38. The molecule has 0 heterocycles. The molecule has 0 saturated carbocycles. The number of hydrogen-bond donors (Lipinski definition) is 1. The Hall–Kier alpha value is -2.06. The molecule has 1 aromatic carbocycles. The molecule has 98 valence electrons. The predicted octanol–water partition coefficient (Wildman–Crippen LogP) is 2.67. The van der Waals surface area contributed by atoms with E-state index >= 15 is 0 Å². The van der Waals surface area contributed by atoms with E-state index in [1.807, 2.05) is 12.1 Å². The standard InChI is InChI=1S/C14H13BrN2O2/c1-3-6-17-14(18)11(9-16)7-10-8-12(15)4-5-13(10)19-2/h3-5,7-8H,1,6H2,2H3,(H,17,18). The number of halogens is 1. The first kappa shape index (κ1) is 15.0. The summed E-state index contributed by atoms with van der Waals surface area (Å²) in [7, 11) is 1.53. The van der Waals surface area contributed by atoms with Gasteiger partial charge in [0.15, 0.2) is 0 Å². The number of amides is 1. The van der Waals surface area contributed by atoms with Crippen LogP contribution in [-0.4, -0.2) is 19.6 Å². The van der Waals surface area contributed by atoms with E-state index in [9.17, 15) is 4.79 Å². The Morgan fingerprint density at radius 3 is 2.95 bits per heavy atom. The zero-order valence-corrected chi connectivity index (χ0v) is 12.0. The first-order valence-electron chi connectivity index (χ1n) is 5.46. The average molecular weight is 321 g/mol. The van der Waals surface area contributed by atoms with Gasteiger partial charge in [-0.15, -0.1) is 6.58 Å². The molecule has 0 radical (unpaired) electrons. The van der Waals surface area contributed by atoms with Gasteiger partial charge in [0.25, 0.3) is 5.91 Å². The summed E-state index contributed by atoms with van der Waals surface area (Å²) in [5.41, 5.74) is 0.667. The van der Waals surface area contributed by atoms with Crippen LogP contribution in [0.25, 0.3) is 6.08 Å². The maximum atomic E-state index is 11.7. The summed E-state index contributed by atoms with van der Waals surface area (Å²) in [4.78, 5) is 11.7. The third kappa shape index (κ3) is 4.27. The van der Waals surface area contributed by atoms with Crippen LogP contribution in [0.1, 0.15) is 5.56 Å². The minimum Gasteiger partial charge on any atom is -0.496 e. The molecule has 4 nitrogen and oxygen atoms in total. The second-order valence-electron chi connectivity index (χ2n) is 3.55. The van der Waals surface area contributed by atoms with Gasteiger partial charge in [-0.3, -0.25) is 4.79 Å². The summed E-state index contributed by atoms with van der Waals surface area (Å²) < 4.78 is 6.02. The topological polar surface area (TPSA) is 62.1 Å². The molecule has 1 amide bonds. The lowest BCUT2D eigenvalue weighted by molar-refractivity contribution is -0.116. The first-order valence-corrected chi connectivity index (χ1v) is 6.26. The number of rotatable bonds is 5. The lowest BCUT2D eigenvalue weighted by atomic mass is 10.1. The van der Waals surface area contributed by atoms with Crippen molar-refractivity contribution < 1.29 is 9.53 Å². The highest BCUT2D eigenvalue weighted by Crippen LogP contribution is 2.25. The van der Waals surface area contributed by atoms with Crippen LogP contribution in [0.2, 0.25) is 0 Å². The van der Waals surface area contributed by atoms with Gasteiger partial charge in [0.2, 0.25) is 0 Å². The molecule has 1 rings (SSSR count). The number of hydrogen-bond acceptors (Lipinski definition) is 3. The molecule has 0 aliphatic rings. The molecule has 0 bridgehead atoms. The van der Waals surface area contributed by atoms with E-state index < -0.39 is 5.91 Å². The van der Waals surface area contributed by atoms with Gasteiger partial charge < -0.3 is 10.1 Å². The maximum Gasteiger partial charge on any atom is 0.262 e. The van der Waals surface area contributed by atoms with Crippen LogP contribution in [0.3, 0.4) is 0 Å². The Kier molecular flexibility index (Phi) is 5.83. The van der Waals surface area contributed by atoms with Gasteiger partial charge in [-0.2, -0.15) is 5.26 Å². The monoisotopic (exact) mass is 320 g/mol. The second kappa shape index (κ2) is 7.39. The number of nitrogens with one attached hydrogen (secondary N) is 1. The summed E-state index contributed by atoms with van der Waals surface area (Å²) in [6.07, 6.45) is 3.04. The Balaban J connectivity index is 3.10. The van der Waals surface area contributed by atoms with E-state index in [4.69, 9.17) is 10.00 Å². The number of nitriles is 1. The lowest BCUT2D eigenvalue weighted by Gasteiger charge is -2.06.